The molecule has 1 aliphatic heterocycles. The maximum Gasteiger partial charge on any atom is 0.410 e. The van der Waals surface area contributed by atoms with Crippen molar-refractivity contribution >= 4 is 39.7 Å². The molecule has 1 aromatic carbocycles. The molecule has 1 aromatic heterocycles. The van der Waals surface area contributed by atoms with Crippen LogP contribution in [0.2, 0.25) is 0 Å². The fourth-order valence-corrected chi connectivity index (χ4v) is 3.34. The van der Waals surface area contributed by atoms with Crippen LogP contribution in [0.1, 0.15) is 45.1 Å². The van der Waals surface area contributed by atoms with Crippen LogP contribution in [0.3, 0.4) is 0 Å². The van der Waals surface area contributed by atoms with Crippen LogP contribution in [-0.2, 0) is 11.2 Å². The molecule has 0 bridgehead atoms. The summed E-state index contributed by atoms with van der Waals surface area (Å²) in [7, 11) is 0. The number of ether oxygens (including phenoxy) is 1. The predicted molar refractivity (Wildman–Crippen MR) is 94.0 cm³/mol. The van der Waals surface area contributed by atoms with Crippen molar-refractivity contribution in [3.05, 3.63) is 33.1 Å². The number of amides is 1. The summed E-state index contributed by atoms with van der Waals surface area (Å²) in [5.41, 5.74) is 1.63. The van der Waals surface area contributed by atoms with Crippen molar-refractivity contribution in [2.75, 3.05) is 6.54 Å². The van der Waals surface area contributed by atoms with Crippen LogP contribution in [0.4, 0.5) is 4.79 Å². The highest BCUT2D eigenvalue weighted by atomic mass is 127. The van der Waals surface area contributed by atoms with Crippen LogP contribution < -0.4 is 0 Å². The Morgan fingerprint density at radius 2 is 2.14 bits per heavy atom. The van der Waals surface area contributed by atoms with Crippen LogP contribution in [-0.4, -0.2) is 23.1 Å². The Labute approximate surface area is 143 Å². The van der Waals surface area contributed by atoms with Crippen molar-refractivity contribution in [3.63, 3.8) is 0 Å². The lowest BCUT2D eigenvalue weighted by Gasteiger charge is -2.34. The standard InChI is InChI=1S/C17H20INO3/c1-10-15-13(12-6-5-11(18)9-14(12)21-15)7-8-19(10)16(20)22-17(2,3)4/h5-6,9-10H,7-8H2,1-4H3. The quantitative estimate of drug-likeness (QED) is 0.578. The van der Waals surface area contributed by atoms with Gasteiger partial charge in [0, 0.05) is 21.1 Å². The number of carbonyl (C=O) groups excluding carboxylic acids is 1. The van der Waals surface area contributed by atoms with E-state index in [0.717, 1.165) is 26.7 Å². The lowest BCUT2D eigenvalue weighted by molar-refractivity contribution is 0.0138. The molecule has 3 rings (SSSR count). The molecule has 0 spiro atoms. The van der Waals surface area contributed by atoms with E-state index in [-0.39, 0.29) is 12.1 Å². The van der Waals surface area contributed by atoms with E-state index in [1.54, 1.807) is 4.90 Å². The predicted octanol–water partition coefficient (Wildman–Crippen LogP) is 4.89. The van der Waals surface area contributed by atoms with Gasteiger partial charge in [-0.15, -0.1) is 0 Å². The average Bonchev–Trinajstić information content (AvgIpc) is 2.75. The van der Waals surface area contributed by atoms with Gasteiger partial charge >= 0.3 is 6.09 Å². The summed E-state index contributed by atoms with van der Waals surface area (Å²) in [6, 6.07) is 6.13. The third-order valence-corrected chi connectivity index (χ3v) is 4.53. The van der Waals surface area contributed by atoms with Crippen molar-refractivity contribution < 1.29 is 13.9 Å². The average molecular weight is 413 g/mol. The zero-order valence-corrected chi connectivity index (χ0v) is 15.4. The van der Waals surface area contributed by atoms with E-state index in [1.807, 2.05) is 33.8 Å². The smallest absolute Gasteiger partial charge is 0.410 e. The molecule has 0 saturated carbocycles. The molecule has 2 heterocycles. The molecular formula is C17H20INO3. The topological polar surface area (TPSA) is 42.7 Å². The molecule has 1 atom stereocenters. The van der Waals surface area contributed by atoms with Crippen molar-refractivity contribution in [3.8, 4) is 0 Å². The molecule has 4 nitrogen and oxygen atoms in total. The van der Waals surface area contributed by atoms with Crippen molar-refractivity contribution in [2.45, 2.75) is 45.8 Å². The van der Waals surface area contributed by atoms with Gasteiger partial charge in [0.25, 0.3) is 0 Å². The number of furan rings is 1. The molecule has 0 N–H and O–H groups in total. The third-order valence-electron chi connectivity index (χ3n) is 3.86. The summed E-state index contributed by atoms with van der Waals surface area (Å²) in [5, 5.41) is 1.16. The first-order valence-corrected chi connectivity index (χ1v) is 8.54. The molecule has 1 aliphatic rings. The molecule has 0 aliphatic carbocycles. The Morgan fingerprint density at radius 1 is 1.41 bits per heavy atom. The summed E-state index contributed by atoms with van der Waals surface area (Å²) < 4.78 is 12.7. The first kappa shape index (κ1) is 15.6. The number of benzene rings is 1. The van der Waals surface area contributed by atoms with Crippen molar-refractivity contribution in [1.29, 1.82) is 0 Å². The van der Waals surface area contributed by atoms with Gasteiger partial charge in [-0.05, 0) is 74.9 Å². The second-order valence-corrected chi connectivity index (χ2v) is 7.93. The maximum atomic E-state index is 12.4. The largest absolute Gasteiger partial charge is 0.459 e. The van der Waals surface area contributed by atoms with E-state index >= 15 is 0 Å². The highest BCUT2D eigenvalue weighted by Gasteiger charge is 2.34. The SMILES string of the molecule is CC1c2oc3cc(I)ccc3c2CCN1C(=O)OC(C)(C)C. The molecule has 118 valence electrons. The highest BCUT2D eigenvalue weighted by Crippen LogP contribution is 2.37. The maximum absolute atomic E-state index is 12.4. The number of carbonyl (C=O) groups is 1. The van der Waals surface area contributed by atoms with Crippen molar-refractivity contribution in [1.82, 2.24) is 4.90 Å². The Kier molecular flexibility index (Phi) is 3.87. The van der Waals surface area contributed by atoms with E-state index < -0.39 is 5.60 Å². The van der Waals surface area contributed by atoms with Crippen LogP contribution in [0, 0.1) is 3.57 Å². The molecule has 1 unspecified atom stereocenters. The number of halogens is 1. The van der Waals surface area contributed by atoms with Gasteiger partial charge in [0.15, 0.2) is 0 Å². The van der Waals surface area contributed by atoms with Crippen LogP contribution in [0.5, 0.6) is 0 Å². The molecule has 0 saturated heterocycles. The number of hydrogen-bond donors (Lipinski definition) is 0. The summed E-state index contributed by atoms with van der Waals surface area (Å²) in [6.45, 7) is 8.30. The monoisotopic (exact) mass is 413 g/mol. The Morgan fingerprint density at radius 3 is 2.82 bits per heavy atom. The Bertz CT molecular complexity index is 729. The molecule has 5 heteroatoms. The van der Waals surface area contributed by atoms with Crippen LogP contribution in [0.15, 0.2) is 22.6 Å². The summed E-state index contributed by atoms with van der Waals surface area (Å²) in [4.78, 5) is 14.1. The normalized spacial score (nSPS) is 18.4. The minimum absolute atomic E-state index is 0.108. The first-order valence-electron chi connectivity index (χ1n) is 7.47. The second-order valence-electron chi connectivity index (χ2n) is 6.69. The van der Waals surface area contributed by atoms with Gasteiger partial charge in [0.1, 0.15) is 16.9 Å². The summed E-state index contributed by atoms with van der Waals surface area (Å²) in [5.74, 6) is 0.883. The van der Waals surface area contributed by atoms with Gasteiger partial charge in [-0.3, -0.25) is 4.90 Å². The van der Waals surface area contributed by atoms with Gasteiger partial charge in [0.2, 0.25) is 0 Å². The number of nitrogens with zero attached hydrogens (tertiary/aromatic N) is 1. The lowest BCUT2D eigenvalue weighted by Crippen LogP contribution is -2.41. The molecule has 2 aromatic rings. The van der Waals surface area contributed by atoms with E-state index in [4.69, 9.17) is 9.15 Å². The Balaban J connectivity index is 1.94. The summed E-state index contributed by atoms with van der Waals surface area (Å²) in [6.07, 6.45) is 0.521. The van der Waals surface area contributed by atoms with Gasteiger partial charge < -0.3 is 9.15 Å². The zero-order chi connectivity index (χ0) is 16.1. The minimum Gasteiger partial charge on any atom is -0.459 e. The van der Waals surface area contributed by atoms with Gasteiger partial charge in [-0.25, -0.2) is 4.79 Å². The number of fused-ring (bicyclic) bond motifs is 3. The lowest BCUT2D eigenvalue weighted by atomic mass is 9.99. The second kappa shape index (κ2) is 5.44. The molecule has 0 fully saturated rings. The number of hydrogen-bond acceptors (Lipinski definition) is 3. The van der Waals surface area contributed by atoms with E-state index in [9.17, 15) is 4.79 Å². The fourth-order valence-electron chi connectivity index (χ4n) is 2.88. The molecule has 22 heavy (non-hydrogen) atoms. The fraction of sp³-hybridized carbons (Fsp3) is 0.471. The number of rotatable bonds is 0. The van der Waals surface area contributed by atoms with Crippen LogP contribution in [0.25, 0.3) is 11.0 Å². The third kappa shape index (κ3) is 2.83. The molecular weight excluding hydrogens is 393 g/mol. The highest BCUT2D eigenvalue weighted by molar-refractivity contribution is 14.1. The van der Waals surface area contributed by atoms with Crippen molar-refractivity contribution in [2.24, 2.45) is 0 Å². The van der Waals surface area contributed by atoms with E-state index in [1.165, 1.54) is 5.56 Å². The Hall–Kier alpha value is -1.24. The minimum atomic E-state index is -0.485. The molecule has 1 amide bonds. The first-order chi connectivity index (χ1) is 10.3. The zero-order valence-electron chi connectivity index (χ0n) is 13.3. The van der Waals surface area contributed by atoms with Crippen LogP contribution >= 0.6 is 22.6 Å². The van der Waals surface area contributed by atoms with Gasteiger partial charge in [-0.2, -0.15) is 0 Å². The van der Waals surface area contributed by atoms with Gasteiger partial charge in [0.05, 0.1) is 6.04 Å². The van der Waals surface area contributed by atoms with E-state index in [2.05, 4.69) is 34.7 Å². The summed E-state index contributed by atoms with van der Waals surface area (Å²) >= 11 is 2.28. The molecule has 0 radical (unpaired) electrons. The van der Waals surface area contributed by atoms with Gasteiger partial charge in [-0.1, -0.05) is 0 Å². The van der Waals surface area contributed by atoms with E-state index in [0.29, 0.717) is 6.54 Å².